The summed E-state index contributed by atoms with van der Waals surface area (Å²) in [7, 11) is 0. The van der Waals surface area contributed by atoms with E-state index in [1.54, 1.807) is 12.1 Å². The molecule has 0 amide bonds. The number of rotatable bonds is 4. The predicted octanol–water partition coefficient (Wildman–Crippen LogP) is 2.78. The van der Waals surface area contributed by atoms with Crippen LogP contribution < -0.4 is 11.5 Å². The van der Waals surface area contributed by atoms with Crippen LogP contribution in [0.1, 0.15) is 11.1 Å². The van der Waals surface area contributed by atoms with Gasteiger partial charge in [-0.2, -0.15) is 15.0 Å². The summed E-state index contributed by atoms with van der Waals surface area (Å²) in [5.74, 6) is 0.560. The first-order chi connectivity index (χ1) is 12.0. The highest BCUT2D eigenvalue weighted by molar-refractivity contribution is 5.71. The minimum absolute atomic E-state index is 0.0670. The van der Waals surface area contributed by atoms with Crippen molar-refractivity contribution < 1.29 is 4.92 Å². The van der Waals surface area contributed by atoms with Crippen LogP contribution in [0.25, 0.3) is 23.5 Å². The van der Waals surface area contributed by atoms with Crippen LogP contribution in [-0.4, -0.2) is 19.9 Å². The van der Waals surface area contributed by atoms with E-state index in [4.69, 9.17) is 11.5 Å². The fourth-order valence-corrected chi connectivity index (χ4v) is 2.18. The third kappa shape index (κ3) is 3.94. The molecule has 0 saturated carbocycles. The number of nitrogen functional groups attached to an aromatic ring is 2. The number of nitrogens with two attached hydrogens (primary N) is 2. The Morgan fingerprint density at radius 3 is 1.76 bits per heavy atom. The molecule has 0 aliphatic heterocycles. The zero-order valence-electron chi connectivity index (χ0n) is 13.0. The van der Waals surface area contributed by atoms with Gasteiger partial charge in [0.2, 0.25) is 11.9 Å². The molecule has 4 N–H and O–H groups in total. The average molecular weight is 334 g/mol. The highest BCUT2D eigenvalue weighted by atomic mass is 16.6. The maximum absolute atomic E-state index is 10.6. The van der Waals surface area contributed by atoms with Gasteiger partial charge in [-0.25, -0.2) is 0 Å². The van der Waals surface area contributed by atoms with E-state index in [1.165, 1.54) is 12.1 Å². The lowest BCUT2D eigenvalue weighted by atomic mass is 10.1. The second-order valence-corrected chi connectivity index (χ2v) is 5.18. The molecule has 0 spiro atoms. The standard InChI is InChI=1S/C17H14N6O2/c18-16-20-15(21-17(19)22-16)13-7-3-11(4-8-13)1-2-12-5-9-14(10-6-12)23(24)25/h1-10H,(H4,18,19,20,21,22). The van der Waals surface area contributed by atoms with E-state index in [0.717, 1.165) is 16.7 Å². The second-order valence-electron chi connectivity index (χ2n) is 5.18. The molecule has 25 heavy (non-hydrogen) atoms. The predicted molar refractivity (Wildman–Crippen MR) is 96.1 cm³/mol. The summed E-state index contributed by atoms with van der Waals surface area (Å²) in [4.78, 5) is 22.1. The van der Waals surface area contributed by atoms with E-state index in [1.807, 2.05) is 36.4 Å². The van der Waals surface area contributed by atoms with E-state index >= 15 is 0 Å². The minimum atomic E-state index is -0.424. The number of aromatic nitrogens is 3. The Hall–Kier alpha value is -3.81. The van der Waals surface area contributed by atoms with Crippen LogP contribution >= 0.6 is 0 Å². The molecule has 3 aromatic rings. The van der Waals surface area contributed by atoms with E-state index in [2.05, 4.69) is 15.0 Å². The first-order valence-electron chi connectivity index (χ1n) is 7.31. The Kier molecular flexibility index (Phi) is 4.34. The number of anilines is 2. The Morgan fingerprint density at radius 2 is 1.28 bits per heavy atom. The molecule has 124 valence electrons. The van der Waals surface area contributed by atoms with E-state index in [0.29, 0.717) is 5.82 Å². The van der Waals surface area contributed by atoms with Gasteiger partial charge in [0.1, 0.15) is 0 Å². The van der Waals surface area contributed by atoms with Gasteiger partial charge >= 0.3 is 0 Å². The van der Waals surface area contributed by atoms with E-state index in [9.17, 15) is 10.1 Å². The fourth-order valence-electron chi connectivity index (χ4n) is 2.18. The lowest BCUT2D eigenvalue weighted by Gasteiger charge is -2.02. The Bertz CT molecular complexity index is 916. The average Bonchev–Trinajstić information content (AvgIpc) is 2.60. The summed E-state index contributed by atoms with van der Waals surface area (Å²) in [6.45, 7) is 0. The number of hydrogen-bond donors (Lipinski definition) is 2. The number of hydrogen-bond acceptors (Lipinski definition) is 7. The Labute approximate surface area is 143 Å². The molecule has 0 aliphatic carbocycles. The first-order valence-corrected chi connectivity index (χ1v) is 7.31. The molecular formula is C17H14N6O2. The number of nitro benzene ring substituents is 1. The van der Waals surface area contributed by atoms with Gasteiger partial charge in [-0.05, 0) is 23.3 Å². The third-order valence-electron chi connectivity index (χ3n) is 3.41. The quantitative estimate of drug-likeness (QED) is 0.425. The van der Waals surface area contributed by atoms with Gasteiger partial charge in [-0.15, -0.1) is 0 Å². The Balaban J connectivity index is 1.77. The molecule has 1 aromatic heterocycles. The van der Waals surface area contributed by atoms with Crippen LogP contribution in [0.15, 0.2) is 48.5 Å². The SMILES string of the molecule is Nc1nc(N)nc(-c2ccc(C=Cc3ccc([N+](=O)[O-])cc3)cc2)n1. The second kappa shape index (κ2) is 6.75. The van der Waals surface area contributed by atoms with Gasteiger partial charge < -0.3 is 11.5 Å². The summed E-state index contributed by atoms with van der Waals surface area (Å²) in [5, 5.41) is 10.6. The van der Waals surface area contributed by atoms with Gasteiger partial charge in [0.25, 0.3) is 5.69 Å². The van der Waals surface area contributed by atoms with Crippen LogP contribution in [0, 0.1) is 10.1 Å². The highest BCUT2D eigenvalue weighted by Gasteiger charge is 2.05. The molecule has 0 saturated heterocycles. The maximum atomic E-state index is 10.6. The van der Waals surface area contributed by atoms with Crippen LogP contribution in [0.5, 0.6) is 0 Å². The molecule has 2 aromatic carbocycles. The number of non-ortho nitro benzene ring substituents is 1. The molecule has 0 atom stereocenters. The molecule has 0 bridgehead atoms. The molecular weight excluding hydrogens is 320 g/mol. The van der Waals surface area contributed by atoms with Crippen molar-refractivity contribution in [3.63, 3.8) is 0 Å². The molecule has 0 unspecified atom stereocenters. The molecule has 3 rings (SSSR count). The first kappa shape index (κ1) is 16.1. The largest absolute Gasteiger partial charge is 0.368 e. The number of benzene rings is 2. The smallest absolute Gasteiger partial charge is 0.269 e. The fraction of sp³-hybridized carbons (Fsp3) is 0. The van der Waals surface area contributed by atoms with Crippen molar-refractivity contribution in [3.8, 4) is 11.4 Å². The normalized spacial score (nSPS) is 10.9. The molecule has 1 heterocycles. The summed E-state index contributed by atoms with van der Waals surface area (Å²) in [6.07, 6.45) is 3.78. The minimum Gasteiger partial charge on any atom is -0.368 e. The van der Waals surface area contributed by atoms with Crippen molar-refractivity contribution in [2.45, 2.75) is 0 Å². The van der Waals surface area contributed by atoms with Crippen molar-refractivity contribution >= 4 is 29.7 Å². The number of nitrogens with zero attached hydrogens (tertiary/aromatic N) is 4. The van der Waals surface area contributed by atoms with Crippen LogP contribution in [0.3, 0.4) is 0 Å². The van der Waals surface area contributed by atoms with Crippen molar-refractivity contribution in [2.24, 2.45) is 0 Å². The summed E-state index contributed by atoms with van der Waals surface area (Å²) in [6, 6.07) is 13.8. The molecule has 0 radical (unpaired) electrons. The molecule has 0 fully saturated rings. The molecule has 0 aliphatic rings. The van der Waals surface area contributed by atoms with Crippen molar-refractivity contribution in [1.82, 2.24) is 15.0 Å². The zero-order valence-corrected chi connectivity index (χ0v) is 13.0. The topological polar surface area (TPSA) is 134 Å². The molecule has 8 nitrogen and oxygen atoms in total. The van der Waals surface area contributed by atoms with Crippen LogP contribution in [0.2, 0.25) is 0 Å². The van der Waals surface area contributed by atoms with Gasteiger partial charge in [-0.3, -0.25) is 10.1 Å². The summed E-state index contributed by atoms with van der Waals surface area (Å²) in [5.41, 5.74) is 13.8. The van der Waals surface area contributed by atoms with Crippen molar-refractivity contribution in [1.29, 1.82) is 0 Å². The highest BCUT2D eigenvalue weighted by Crippen LogP contribution is 2.19. The van der Waals surface area contributed by atoms with Gasteiger partial charge in [0.15, 0.2) is 5.82 Å². The third-order valence-corrected chi connectivity index (χ3v) is 3.41. The van der Waals surface area contributed by atoms with E-state index < -0.39 is 4.92 Å². The lowest BCUT2D eigenvalue weighted by Crippen LogP contribution is -2.04. The summed E-state index contributed by atoms with van der Waals surface area (Å²) >= 11 is 0. The molecule has 8 heteroatoms. The summed E-state index contributed by atoms with van der Waals surface area (Å²) < 4.78 is 0. The van der Waals surface area contributed by atoms with Gasteiger partial charge in [-0.1, -0.05) is 36.4 Å². The lowest BCUT2D eigenvalue weighted by molar-refractivity contribution is -0.384. The van der Waals surface area contributed by atoms with E-state index in [-0.39, 0.29) is 17.6 Å². The van der Waals surface area contributed by atoms with Crippen molar-refractivity contribution in [3.05, 3.63) is 69.8 Å². The van der Waals surface area contributed by atoms with Crippen molar-refractivity contribution in [2.75, 3.05) is 11.5 Å². The number of nitro groups is 1. The van der Waals surface area contributed by atoms with Gasteiger partial charge in [0.05, 0.1) is 4.92 Å². The monoisotopic (exact) mass is 334 g/mol. The zero-order chi connectivity index (χ0) is 17.8. The Morgan fingerprint density at radius 1 is 0.800 bits per heavy atom. The maximum Gasteiger partial charge on any atom is 0.269 e. The van der Waals surface area contributed by atoms with Crippen LogP contribution in [-0.2, 0) is 0 Å². The van der Waals surface area contributed by atoms with Crippen LogP contribution in [0.4, 0.5) is 17.6 Å². The van der Waals surface area contributed by atoms with Gasteiger partial charge in [0, 0.05) is 17.7 Å².